The Morgan fingerprint density at radius 2 is 2.44 bits per heavy atom. The molecule has 1 aliphatic rings. The van der Waals surface area contributed by atoms with Crippen LogP contribution in [0.2, 0.25) is 0 Å². The molecule has 0 bridgehead atoms. The second-order valence-corrected chi connectivity index (χ2v) is 4.70. The topological polar surface area (TPSA) is 62.4 Å². The molecule has 4 nitrogen and oxygen atoms in total. The standard InChI is InChI=1S/C12H19N3O/c1-12(16)5-3-7-15(9-12)11-4-2-6-14-10(11)8-13/h2,4,6,16H,3,5,7-9,13H2,1H3. The SMILES string of the molecule is CC1(O)CCCN(c2cccnc2CN)C1. The predicted octanol–water partition coefficient (Wildman–Crippen LogP) is 0.892. The van der Waals surface area contributed by atoms with Gasteiger partial charge in [0.25, 0.3) is 0 Å². The number of β-amino-alcohol motifs (C(OH)–C–C–N with tert-alkyl or cyclic N) is 1. The minimum atomic E-state index is -0.597. The molecule has 16 heavy (non-hydrogen) atoms. The van der Waals surface area contributed by atoms with Gasteiger partial charge in [-0.3, -0.25) is 4.98 Å². The number of piperidine rings is 1. The lowest BCUT2D eigenvalue weighted by Gasteiger charge is -2.38. The largest absolute Gasteiger partial charge is 0.388 e. The number of anilines is 1. The van der Waals surface area contributed by atoms with Crippen LogP contribution < -0.4 is 10.6 Å². The van der Waals surface area contributed by atoms with E-state index in [2.05, 4.69) is 9.88 Å². The molecule has 0 radical (unpaired) electrons. The quantitative estimate of drug-likeness (QED) is 0.778. The third kappa shape index (κ3) is 2.33. The van der Waals surface area contributed by atoms with Crippen LogP contribution in [0.25, 0.3) is 0 Å². The number of nitrogens with two attached hydrogens (primary N) is 1. The van der Waals surface area contributed by atoms with Crippen molar-refractivity contribution < 1.29 is 5.11 Å². The van der Waals surface area contributed by atoms with Gasteiger partial charge >= 0.3 is 0 Å². The highest BCUT2D eigenvalue weighted by Gasteiger charge is 2.29. The average Bonchev–Trinajstić information content (AvgIpc) is 2.27. The summed E-state index contributed by atoms with van der Waals surface area (Å²) in [6.45, 7) is 3.95. The molecular weight excluding hydrogens is 202 g/mol. The molecule has 1 aromatic rings. The van der Waals surface area contributed by atoms with Gasteiger partial charge in [0.2, 0.25) is 0 Å². The molecule has 1 unspecified atom stereocenters. The number of rotatable bonds is 2. The maximum absolute atomic E-state index is 10.1. The summed E-state index contributed by atoms with van der Waals surface area (Å²) >= 11 is 0. The lowest BCUT2D eigenvalue weighted by atomic mass is 9.94. The summed E-state index contributed by atoms with van der Waals surface area (Å²) < 4.78 is 0. The molecule has 1 atom stereocenters. The lowest BCUT2D eigenvalue weighted by molar-refractivity contribution is 0.0449. The van der Waals surface area contributed by atoms with Gasteiger partial charge in [0.1, 0.15) is 0 Å². The van der Waals surface area contributed by atoms with E-state index in [0.717, 1.165) is 30.8 Å². The maximum atomic E-state index is 10.1. The zero-order valence-corrected chi connectivity index (χ0v) is 9.69. The second-order valence-electron chi connectivity index (χ2n) is 4.70. The number of pyridine rings is 1. The Morgan fingerprint density at radius 1 is 1.62 bits per heavy atom. The van der Waals surface area contributed by atoms with E-state index in [9.17, 15) is 5.11 Å². The Kier molecular flexibility index (Phi) is 3.12. The first-order chi connectivity index (χ1) is 7.62. The zero-order valence-electron chi connectivity index (χ0n) is 9.69. The van der Waals surface area contributed by atoms with Gasteiger partial charge in [-0.15, -0.1) is 0 Å². The summed E-state index contributed by atoms with van der Waals surface area (Å²) in [6.07, 6.45) is 3.63. The molecule has 1 aliphatic heterocycles. The fourth-order valence-corrected chi connectivity index (χ4v) is 2.30. The summed E-state index contributed by atoms with van der Waals surface area (Å²) in [5.41, 5.74) is 7.04. The van der Waals surface area contributed by atoms with E-state index >= 15 is 0 Å². The fraction of sp³-hybridized carbons (Fsp3) is 0.583. The predicted molar refractivity (Wildman–Crippen MR) is 64.2 cm³/mol. The van der Waals surface area contributed by atoms with Crippen LogP contribution in [0.3, 0.4) is 0 Å². The van der Waals surface area contributed by atoms with Gasteiger partial charge in [-0.1, -0.05) is 0 Å². The molecule has 2 rings (SSSR count). The van der Waals surface area contributed by atoms with Crippen molar-refractivity contribution >= 4 is 5.69 Å². The van der Waals surface area contributed by atoms with Crippen LogP contribution in [0.1, 0.15) is 25.5 Å². The van der Waals surface area contributed by atoms with E-state index in [4.69, 9.17) is 5.73 Å². The smallest absolute Gasteiger partial charge is 0.0794 e. The van der Waals surface area contributed by atoms with Crippen LogP contribution >= 0.6 is 0 Å². The summed E-state index contributed by atoms with van der Waals surface area (Å²) in [5, 5.41) is 10.1. The van der Waals surface area contributed by atoms with E-state index in [-0.39, 0.29) is 0 Å². The van der Waals surface area contributed by atoms with Gasteiger partial charge in [-0.05, 0) is 31.9 Å². The van der Waals surface area contributed by atoms with E-state index in [0.29, 0.717) is 13.1 Å². The van der Waals surface area contributed by atoms with Crippen molar-refractivity contribution in [3.05, 3.63) is 24.0 Å². The minimum Gasteiger partial charge on any atom is -0.388 e. The highest BCUT2D eigenvalue weighted by atomic mass is 16.3. The average molecular weight is 221 g/mol. The Balaban J connectivity index is 2.23. The van der Waals surface area contributed by atoms with E-state index < -0.39 is 5.60 Å². The molecule has 2 heterocycles. The highest BCUT2D eigenvalue weighted by molar-refractivity contribution is 5.51. The highest BCUT2D eigenvalue weighted by Crippen LogP contribution is 2.26. The third-order valence-electron chi connectivity index (χ3n) is 3.08. The summed E-state index contributed by atoms with van der Waals surface area (Å²) in [6, 6.07) is 3.94. The third-order valence-corrected chi connectivity index (χ3v) is 3.08. The van der Waals surface area contributed by atoms with Crippen LogP contribution in [0.4, 0.5) is 5.69 Å². The molecule has 88 valence electrons. The molecule has 0 aliphatic carbocycles. The molecular formula is C12H19N3O. The van der Waals surface area contributed by atoms with Crippen LogP contribution in [0.5, 0.6) is 0 Å². The van der Waals surface area contributed by atoms with Crippen LogP contribution in [0.15, 0.2) is 18.3 Å². The fourth-order valence-electron chi connectivity index (χ4n) is 2.30. The number of hydrogen-bond acceptors (Lipinski definition) is 4. The van der Waals surface area contributed by atoms with Gasteiger partial charge in [0.15, 0.2) is 0 Å². The summed E-state index contributed by atoms with van der Waals surface area (Å²) in [7, 11) is 0. The monoisotopic (exact) mass is 221 g/mol. The van der Waals surface area contributed by atoms with Crippen molar-refractivity contribution in [1.29, 1.82) is 0 Å². The number of aliphatic hydroxyl groups is 1. The lowest BCUT2D eigenvalue weighted by Crippen LogP contribution is -2.46. The molecule has 1 fully saturated rings. The maximum Gasteiger partial charge on any atom is 0.0794 e. The molecule has 1 aromatic heterocycles. The molecule has 0 amide bonds. The van der Waals surface area contributed by atoms with Crippen molar-refractivity contribution in [3.63, 3.8) is 0 Å². The molecule has 1 saturated heterocycles. The van der Waals surface area contributed by atoms with Gasteiger partial charge < -0.3 is 15.7 Å². The van der Waals surface area contributed by atoms with E-state index in [1.165, 1.54) is 0 Å². The van der Waals surface area contributed by atoms with E-state index in [1.54, 1.807) is 6.20 Å². The van der Waals surface area contributed by atoms with Crippen molar-refractivity contribution in [3.8, 4) is 0 Å². The van der Waals surface area contributed by atoms with Gasteiger partial charge in [-0.25, -0.2) is 0 Å². The van der Waals surface area contributed by atoms with E-state index in [1.807, 2.05) is 19.1 Å². The first kappa shape index (κ1) is 11.4. The molecule has 4 heteroatoms. The van der Waals surface area contributed by atoms with Gasteiger partial charge in [-0.2, -0.15) is 0 Å². The normalized spacial score (nSPS) is 25.8. The zero-order chi connectivity index (χ0) is 11.6. The van der Waals surface area contributed by atoms with Crippen LogP contribution in [-0.4, -0.2) is 28.8 Å². The molecule has 0 saturated carbocycles. The Hall–Kier alpha value is -1.13. The first-order valence-corrected chi connectivity index (χ1v) is 5.74. The molecule has 0 spiro atoms. The van der Waals surface area contributed by atoms with Crippen molar-refractivity contribution in [2.75, 3.05) is 18.0 Å². The summed E-state index contributed by atoms with van der Waals surface area (Å²) in [5.74, 6) is 0. The Bertz CT molecular complexity index is 365. The van der Waals surface area contributed by atoms with Crippen molar-refractivity contribution in [1.82, 2.24) is 4.98 Å². The molecule has 0 aromatic carbocycles. The van der Waals surface area contributed by atoms with Crippen molar-refractivity contribution in [2.45, 2.75) is 31.9 Å². The minimum absolute atomic E-state index is 0.439. The Morgan fingerprint density at radius 3 is 3.12 bits per heavy atom. The van der Waals surface area contributed by atoms with Gasteiger partial charge in [0.05, 0.1) is 17.0 Å². The van der Waals surface area contributed by atoms with Crippen molar-refractivity contribution in [2.24, 2.45) is 5.73 Å². The summed E-state index contributed by atoms with van der Waals surface area (Å²) in [4.78, 5) is 6.45. The van der Waals surface area contributed by atoms with Crippen LogP contribution in [-0.2, 0) is 6.54 Å². The van der Waals surface area contributed by atoms with Crippen LogP contribution in [0, 0.1) is 0 Å². The number of aromatic nitrogens is 1. The second kappa shape index (κ2) is 4.39. The number of nitrogens with zero attached hydrogens (tertiary/aromatic N) is 2. The first-order valence-electron chi connectivity index (χ1n) is 5.74. The number of hydrogen-bond donors (Lipinski definition) is 2. The van der Waals surface area contributed by atoms with Gasteiger partial charge in [0, 0.05) is 25.8 Å². The Labute approximate surface area is 96.1 Å². The molecule has 3 N–H and O–H groups in total.